The van der Waals surface area contributed by atoms with Gasteiger partial charge in [0.25, 0.3) is 5.56 Å². The minimum absolute atomic E-state index is 0.0913. The van der Waals surface area contributed by atoms with Crippen LogP contribution in [0.4, 0.5) is 0 Å². The quantitative estimate of drug-likeness (QED) is 0.469. The molecule has 180 valence electrons. The van der Waals surface area contributed by atoms with Gasteiger partial charge >= 0.3 is 5.69 Å². The largest absolute Gasteiger partial charge is 0.494 e. The minimum Gasteiger partial charge on any atom is -0.494 e. The standard InChI is InChI=1S/C23H28N6O4S/c1-2-33-18-9-7-17(8-10-18)29-19(13-16-14-20(30)25-22(32)24-16)26-27-23(29)34-15-21(31)28-11-5-3-4-6-12-28/h7-10,14H,2-6,11-13,15H2,1H3,(H2,24,25,30,32). The molecule has 11 heteroatoms. The predicted molar refractivity (Wildman–Crippen MR) is 129 cm³/mol. The van der Waals surface area contributed by atoms with Crippen LogP contribution in [0.1, 0.15) is 44.1 Å². The van der Waals surface area contributed by atoms with E-state index < -0.39 is 11.2 Å². The van der Waals surface area contributed by atoms with Crippen molar-refractivity contribution in [3.05, 3.63) is 62.7 Å². The highest BCUT2D eigenvalue weighted by molar-refractivity contribution is 7.99. The maximum Gasteiger partial charge on any atom is 0.325 e. The van der Waals surface area contributed by atoms with Crippen LogP contribution in [0.5, 0.6) is 5.75 Å². The molecule has 2 aromatic heterocycles. The Morgan fingerprint density at radius 2 is 1.79 bits per heavy atom. The van der Waals surface area contributed by atoms with E-state index in [9.17, 15) is 14.4 Å². The highest BCUT2D eigenvalue weighted by atomic mass is 32.2. The number of benzene rings is 1. The number of carbonyl (C=O) groups excluding carboxylic acids is 1. The van der Waals surface area contributed by atoms with E-state index in [1.54, 1.807) is 0 Å². The SMILES string of the molecule is CCOc1ccc(-n2c(Cc3cc(=O)[nH]c(=O)[nH]3)nnc2SCC(=O)N2CCCCCC2)cc1. The highest BCUT2D eigenvalue weighted by Crippen LogP contribution is 2.25. The van der Waals surface area contributed by atoms with Crippen molar-refractivity contribution in [2.75, 3.05) is 25.4 Å². The molecule has 4 rings (SSSR count). The van der Waals surface area contributed by atoms with Crippen LogP contribution in [0.3, 0.4) is 0 Å². The molecule has 0 atom stereocenters. The monoisotopic (exact) mass is 484 g/mol. The molecule has 3 aromatic rings. The van der Waals surface area contributed by atoms with Gasteiger partial charge in [-0.05, 0) is 44.0 Å². The Labute approximate surface area is 200 Å². The van der Waals surface area contributed by atoms with Gasteiger partial charge in [0.05, 0.1) is 12.4 Å². The fraction of sp³-hybridized carbons (Fsp3) is 0.435. The molecular formula is C23H28N6O4S. The Kier molecular flexibility index (Phi) is 7.84. The van der Waals surface area contributed by atoms with E-state index >= 15 is 0 Å². The second-order valence-electron chi connectivity index (χ2n) is 8.03. The Balaban J connectivity index is 1.60. The van der Waals surface area contributed by atoms with E-state index in [0.29, 0.717) is 23.3 Å². The second kappa shape index (κ2) is 11.2. The molecule has 0 aliphatic carbocycles. The average molecular weight is 485 g/mol. The van der Waals surface area contributed by atoms with Gasteiger partial charge in [-0.3, -0.25) is 19.1 Å². The molecule has 34 heavy (non-hydrogen) atoms. The molecule has 1 amide bonds. The van der Waals surface area contributed by atoms with Gasteiger partial charge in [0.1, 0.15) is 11.6 Å². The summed E-state index contributed by atoms with van der Waals surface area (Å²) in [5.74, 6) is 1.63. The summed E-state index contributed by atoms with van der Waals surface area (Å²) in [5.41, 5.74) is 0.154. The topological polar surface area (TPSA) is 126 Å². The minimum atomic E-state index is -0.577. The first kappa shape index (κ1) is 23.8. The Bertz CT molecular complexity index is 1200. The number of carbonyl (C=O) groups is 1. The number of thioether (sulfide) groups is 1. The van der Waals surface area contributed by atoms with Crippen LogP contribution in [-0.4, -0.2) is 61.0 Å². The summed E-state index contributed by atoms with van der Waals surface area (Å²) in [6, 6.07) is 8.82. The Hall–Kier alpha value is -3.34. The normalized spacial score (nSPS) is 14.1. The molecular weight excluding hydrogens is 456 g/mol. The van der Waals surface area contributed by atoms with Crippen molar-refractivity contribution in [3.8, 4) is 11.4 Å². The fourth-order valence-electron chi connectivity index (χ4n) is 3.95. The molecule has 1 fully saturated rings. The van der Waals surface area contributed by atoms with Crippen LogP contribution in [-0.2, 0) is 11.2 Å². The zero-order valence-corrected chi connectivity index (χ0v) is 19.9. The van der Waals surface area contributed by atoms with Crippen molar-refractivity contribution < 1.29 is 9.53 Å². The van der Waals surface area contributed by atoms with Crippen molar-refractivity contribution in [1.82, 2.24) is 29.6 Å². The first-order valence-corrected chi connectivity index (χ1v) is 12.4. The number of likely N-dealkylation sites (tertiary alicyclic amines) is 1. The predicted octanol–water partition coefficient (Wildman–Crippen LogP) is 2.13. The molecule has 0 radical (unpaired) electrons. The van der Waals surface area contributed by atoms with Gasteiger partial charge < -0.3 is 14.6 Å². The van der Waals surface area contributed by atoms with E-state index in [1.807, 2.05) is 40.7 Å². The number of nitrogens with one attached hydrogen (secondary N) is 2. The molecule has 0 bridgehead atoms. The lowest BCUT2D eigenvalue weighted by molar-refractivity contribution is -0.128. The number of H-pyrrole nitrogens is 2. The van der Waals surface area contributed by atoms with E-state index in [0.717, 1.165) is 50.2 Å². The van der Waals surface area contributed by atoms with Crippen LogP contribution in [0.25, 0.3) is 5.69 Å². The molecule has 0 unspecified atom stereocenters. The van der Waals surface area contributed by atoms with Gasteiger partial charge in [-0.2, -0.15) is 0 Å². The maximum absolute atomic E-state index is 12.8. The third kappa shape index (κ3) is 5.96. The first-order valence-electron chi connectivity index (χ1n) is 11.4. The van der Waals surface area contributed by atoms with Crippen LogP contribution in [0, 0.1) is 0 Å². The van der Waals surface area contributed by atoms with Crippen LogP contribution in [0.2, 0.25) is 0 Å². The molecule has 0 saturated carbocycles. The van der Waals surface area contributed by atoms with E-state index in [-0.39, 0.29) is 18.1 Å². The highest BCUT2D eigenvalue weighted by Gasteiger charge is 2.20. The summed E-state index contributed by atoms with van der Waals surface area (Å²) in [4.78, 5) is 43.0. The first-order chi connectivity index (χ1) is 16.5. The lowest BCUT2D eigenvalue weighted by Gasteiger charge is -2.20. The molecule has 1 aliphatic rings. The molecule has 10 nitrogen and oxygen atoms in total. The van der Waals surface area contributed by atoms with Gasteiger partial charge in [0.2, 0.25) is 5.91 Å². The molecule has 0 spiro atoms. The molecule has 3 heterocycles. The Morgan fingerprint density at radius 3 is 2.47 bits per heavy atom. The lowest BCUT2D eigenvalue weighted by atomic mass is 10.2. The number of hydrogen-bond acceptors (Lipinski definition) is 7. The number of rotatable bonds is 8. The summed E-state index contributed by atoms with van der Waals surface area (Å²) in [5, 5.41) is 9.20. The van der Waals surface area contributed by atoms with Gasteiger partial charge in [-0.15, -0.1) is 10.2 Å². The van der Waals surface area contributed by atoms with Crippen LogP contribution in [0.15, 0.2) is 45.1 Å². The Morgan fingerprint density at radius 1 is 1.06 bits per heavy atom. The zero-order chi connectivity index (χ0) is 23.9. The van der Waals surface area contributed by atoms with Gasteiger partial charge in [0, 0.05) is 37.0 Å². The number of aromatic nitrogens is 5. The van der Waals surface area contributed by atoms with Crippen LogP contribution < -0.4 is 16.0 Å². The fourth-order valence-corrected chi connectivity index (χ4v) is 4.82. The lowest BCUT2D eigenvalue weighted by Crippen LogP contribution is -2.33. The van der Waals surface area contributed by atoms with Crippen molar-refractivity contribution >= 4 is 17.7 Å². The van der Waals surface area contributed by atoms with Gasteiger partial charge in [-0.1, -0.05) is 24.6 Å². The average Bonchev–Trinajstić information content (AvgIpc) is 3.01. The third-order valence-corrected chi connectivity index (χ3v) is 6.47. The van der Waals surface area contributed by atoms with Crippen molar-refractivity contribution in [2.45, 2.75) is 44.2 Å². The van der Waals surface area contributed by atoms with Crippen molar-refractivity contribution in [3.63, 3.8) is 0 Å². The number of aromatic amines is 2. The van der Waals surface area contributed by atoms with Gasteiger partial charge in [0.15, 0.2) is 5.16 Å². The van der Waals surface area contributed by atoms with Crippen molar-refractivity contribution in [2.24, 2.45) is 0 Å². The third-order valence-electron chi connectivity index (χ3n) is 5.55. The van der Waals surface area contributed by atoms with Crippen molar-refractivity contribution in [1.29, 1.82) is 0 Å². The maximum atomic E-state index is 12.8. The van der Waals surface area contributed by atoms with E-state index in [1.165, 1.54) is 17.8 Å². The summed E-state index contributed by atoms with van der Waals surface area (Å²) < 4.78 is 7.39. The number of hydrogen-bond donors (Lipinski definition) is 2. The summed E-state index contributed by atoms with van der Waals surface area (Å²) >= 11 is 1.33. The second-order valence-corrected chi connectivity index (χ2v) is 8.98. The van der Waals surface area contributed by atoms with E-state index in [4.69, 9.17) is 4.74 Å². The molecule has 1 aromatic carbocycles. The smallest absolute Gasteiger partial charge is 0.325 e. The molecule has 2 N–H and O–H groups in total. The van der Waals surface area contributed by atoms with E-state index in [2.05, 4.69) is 20.2 Å². The summed E-state index contributed by atoms with van der Waals surface area (Å²) in [6.45, 7) is 4.08. The number of ether oxygens (including phenoxy) is 1. The summed E-state index contributed by atoms with van der Waals surface area (Å²) in [7, 11) is 0. The number of nitrogens with zero attached hydrogens (tertiary/aromatic N) is 4. The van der Waals surface area contributed by atoms with Gasteiger partial charge in [-0.25, -0.2) is 4.79 Å². The van der Waals surface area contributed by atoms with Crippen LogP contribution >= 0.6 is 11.8 Å². The molecule has 1 saturated heterocycles. The molecule has 1 aliphatic heterocycles. The zero-order valence-electron chi connectivity index (χ0n) is 19.1. The summed E-state index contributed by atoms with van der Waals surface area (Å²) in [6.07, 6.45) is 4.60. The number of amides is 1.